The molecule has 0 spiro atoms. The summed E-state index contributed by atoms with van der Waals surface area (Å²) < 4.78 is 5.27. The van der Waals surface area contributed by atoms with E-state index in [1.165, 1.54) is 35.9 Å². The van der Waals surface area contributed by atoms with E-state index in [1.54, 1.807) is 7.11 Å². The van der Waals surface area contributed by atoms with Crippen molar-refractivity contribution in [3.63, 3.8) is 0 Å². The summed E-state index contributed by atoms with van der Waals surface area (Å²) in [6, 6.07) is 10.6. The Balaban J connectivity index is 1.44. The number of aromatic nitrogens is 1. The molecule has 2 aromatic rings. The fourth-order valence-electron chi connectivity index (χ4n) is 3.59. The summed E-state index contributed by atoms with van der Waals surface area (Å²) in [6.45, 7) is 2.67. The predicted molar refractivity (Wildman–Crippen MR) is 104 cm³/mol. The van der Waals surface area contributed by atoms with Gasteiger partial charge in [-0.15, -0.1) is 0 Å². The molecule has 1 aliphatic rings. The quantitative estimate of drug-likeness (QED) is 0.510. The Bertz CT molecular complexity index is 670. The van der Waals surface area contributed by atoms with Gasteiger partial charge < -0.3 is 20.4 Å². The number of nitrogens with one attached hydrogen (secondary N) is 3. The van der Waals surface area contributed by atoms with Crippen LogP contribution in [0.25, 0.3) is 10.9 Å². The van der Waals surface area contributed by atoms with Gasteiger partial charge in [0.15, 0.2) is 5.96 Å². The number of methoxy groups -OCH3 is 1. The van der Waals surface area contributed by atoms with Gasteiger partial charge in [0.05, 0.1) is 0 Å². The lowest BCUT2D eigenvalue weighted by Gasteiger charge is -2.42. The van der Waals surface area contributed by atoms with Gasteiger partial charge in [0.2, 0.25) is 0 Å². The molecule has 3 rings (SSSR count). The molecule has 25 heavy (non-hydrogen) atoms. The minimum absolute atomic E-state index is 0.394. The zero-order chi connectivity index (χ0) is 17.5. The highest BCUT2D eigenvalue weighted by molar-refractivity contribution is 5.81. The molecule has 1 aliphatic carbocycles. The van der Waals surface area contributed by atoms with E-state index in [-0.39, 0.29) is 0 Å². The molecule has 0 saturated heterocycles. The molecular formula is C20H30N4O. The van der Waals surface area contributed by atoms with Crippen molar-refractivity contribution in [1.29, 1.82) is 0 Å². The molecule has 1 fully saturated rings. The molecule has 1 heterocycles. The second-order valence-electron chi connectivity index (χ2n) is 7.08. The number of hydrogen-bond acceptors (Lipinski definition) is 2. The van der Waals surface area contributed by atoms with Crippen molar-refractivity contribution >= 4 is 16.9 Å². The lowest BCUT2D eigenvalue weighted by atomic mass is 9.67. The van der Waals surface area contributed by atoms with Gasteiger partial charge in [0.25, 0.3) is 0 Å². The standard InChI is InChI=1S/C20H30N4O/c1-21-19(23-15-20(9-5-10-20)11-13-25-2)22-12-8-17-14-16-6-3-4-7-18(16)24-17/h3-4,6-7,14,24H,5,8-13,15H2,1-2H3,(H2,21,22,23). The highest BCUT2D eigenvalue weighted by Crippen LogP contribution is 2.43. The van der Waals surface area contributed by atoms with Crippen molar-refractivity contribution < 1.29 is 4.74 Å². The normalized spacial score (nSPS) is 16.6. The SMILES string of the molecule is CN=C(NCCc1cc2ccccc2[nH]1)NCC1(CCOC)CCC1. The molecule has 5 nitrogen and oxygen atoms in total. The average Bonchev–Trinajstić information content (AvgIpc) is 3.01. The van der Waals surface area contributed by atoms with Crippen LogP contribution < -0.4 is 10.6 Å². The number of guanidine groups is 1. The molecule has 3 N–H and O–H groups in total. The lowest BCUT2D eigenvalue weighted by Crippen LogP contribution is -2.47. The van der Waals surface area contributed by atoms with Crippen molar-refractivity contribution in [3.05, 3.63) is 36.0 Å². The van der Waals surface area contributed by atoms with Crippen LogP contribution in [0.5, 0.6) is 0 Å². The third-order valence-electron chi connectivity index (χ3n) is 5.38. The molecule has 1 aromatic heterocycles. The van der Waals surface area contributed by atoms with Crippen molar-refractivity contribution in [2.75, 3.05) is 33.9 Å². The van der Waals surface area contributed by atoms with Crippen molar-refractivity contribution in [3.8, 4) is 0 Å². The van der Waals surface area contributed by atoms with E-state index in [1.807, 2.05) is 7.05 Å². The van der Waals surface area contributed by atoms with Crippen LogP contribution in [0, 0.1) is 5.41 Å². The van der Waals surface area contributed by atoms with Gasteiger partial charge in [-0.05, 0) is 42.2 Å². The molecule has 0 radical (unpaired) electrons. The minimum Gasteiger partial charge on any atom is -0.385 e. The van der Waals surface area contributed by atoms with Crippen LogP contribution in [0.1, 0.15) is 31.4 Å². The molecule has 0 aliphatic heterocycles. The van der Waals surface area contributed by atoms with E-state index in [4.69, 9.17) is 4.74 Å². The van der Waals surface area contributed by atoms with E-state index in [9.17, 15) is 0 Å². The van der Waals surface area contributed by atoms with E-state index in [2.05, 4.69) is 50.9 Å². The van der Waals surface area contributed by atoms with Crippen LogP contribution >= 0.6 is 0 Å². The fraction of sp³-hybridized carbons (Fsp3) is 0.550. The van der Waals surface area contributed by atoms with Gasteiger partial charge in [-0.3, -0.25) is 4.99 Å². The minimum atomic E-state index is 0.394. The van der Waals surface area contributed by atoms with Crippen LogP contribution in [0.15, 0.2) is 35.3 Å². The first-order chi connectivity index (χ1) is 12.2. The van der Waals surface area contributed by atoms with Crippen LogP contribution in [-0.4, -0.2) is 44.8 Å². The number of hydrogen-bond donors (Lipinski definition) is 3. The fourth-order valence-corrected chi connectivity index (χ4v) is 3.59. The van der Waals surface area contributed by atoms with Gasteiger partial charge in [-0.25, -0.2) is 0 Å². The van der Waals surface area contributed by atoms with Crippen LogP contribution in [-0.2, 0) is 11.2 Å². The van der Waals surface area contributed by atoms with E-state index in [0.717, 1.165) is 38.5 Å². The van der Waals surface area contributed by atoms with Gasteiger partial charge in [-0.2, -0.15) is 0 Å². The molecule has 0 bridgehead atoms. The van der Waals surface area contributed by atoms with Gasteiger partial charge in [-0.1, -0.05) is 24.6 Å². The summed E-state index contributed by atoms with van der Waals surface area (Å²) in [5.74, 6) is 0.889. The maximum atomic E-state index is 5.27. The molecule has 0 amide bonds. The monoisotopic (exact) mass is 342 g/mol. The smallest absolute Gasteiger partial charge is 0.191 e. The molecule has 0 unspecified atom stereocenters. The average molecular weight is 342 g/mol. The summed E-state index contributed by atoms with van der Waals surface area (Å²) in [5, 5.41) is 8.20. The Kier molecular flexibility index (Phi) is 5.97. The number of aromatic amines is 1. The summed E-state index contributed by atoms with van der Waals surface area (Å²) in [5.41, 5.74) is 2.84. The number of fused-ring (bicyclic) bond motifs is 1. The van der Waals surface area contributed by atoms with Crippen molar-refractivity contribution in [2.45, 2.75) is 32.1 Å². The van der Waals surface area contributed by atoms with Gasteiger partial charge >= 0.3 is 0 Å². The van der Waals surface area contributed by atoms with Crippen LogP contribution in [0.4, 0.5) is 0 Å². The van der Waals surface area contributed by atoms with Crippen LogP contribution in [0.2, 0.25) is 0 Å². The third-order valence-corrected chi connectivity index (χ3v) is 5.38. The first kappa shape index (κ1) is 17.8. The molecule has 5 heteroatoms. The summed E-state index contributed by atoms with van der Waals surface area (Å²) in [4.78, 5) is 7.83. The van der Waals surface area contributed by atoms with Crippen LogP contribution in [0.3, 0.4) is 0 Å². The number of H-pyrrole nitrogens is 1. The Morgan fingerprint density at radius 2 is 2.12 bits per heavy atom. The molecular weight excluding hydrogens is 312 g/mol. The Hall–Kier alpha value is -2.01. The van der Waals surface area contributed by atoms with Gasteiger partial charge in [0, 0.05) is 51.5 Å². The Morgan fingerprint density at radius 3 is 2.80 bits per heavy atom. The lowest BCUT2D eigenvalue weighted by molar-refractivity contribution is 0.0732. The zero-order valence-corrected chi connectivity index (χ0v) is 15.4. The second-order valence-corrected chi connectivity index (χ2v) is 7.08. The third kappa shape index (κ3) is 4.54. The second kappa shape index (κ2) is 8.39. The maximum absolute atomic E-state index is 5.27. The number of para-hydroxylation sites is 1. The first-order valence-corrected chi connectivity index (χ1v) is 9.25. The Labute approximate surface area is 150 Å². The number of aliphatic imine (C=N–C) groups is 1. The highest BCUT2D eigenvalue weighted by atomic mass is 16.5. The summed E-state index contributed by atoms with van der Waals surface area (Å²) >= 11 is 0. The topological polar surface area (TPSA) is 61.4 Å². The maximum Gasteiger partial charge on any atom is 0.191 e. The van der Waals surface area contributed by atoms with E-state index >= 15 is 0 Å². The first-order valence-electron chi connectivity index (χ1n) is 9.25. The highest BCUT2D eigenvalue weighted by Gasteiger charge is 2.36. The number of nitrogens with zero attached hydrogens (tertiary/aromatic N) is 1. The molecule has 0 atom stereocenters. The number of rotatable bonds is 8. The van der Waals surface area contributed by atoms with Crippen molar-refractivity contribution in [1.82, 2.24) is 15.6 Å². The predicted octanol–water partition coefficient (Wildman–Crippen LogP) is 3.08. The summed E-state index contributed by atoms with van der Waals surface area (Å²) in [6.07, 6.45) is 5.98. The number of benzene rings is 1. The summed E-state index contributed by atoms with van der Waals surface area (Å²) in [7, 11) is 3.62. The largest absolute Gasteiger partial charge is 0.385 e. The molecule has 136 valence electrons. The Morgan fingerprint density at radius 1 is 1.28 bits per heavy atom. The molecule has 1 aromatic carbocycles. The van der Waals surface area contributed by atoms with E-state index < -0.39 is 0 Å². The van der Waals surface area contributed by atoms with Crippen molar-refractivity contribution in [2.24, 2.45) is 10.4 Å². The molecule has 1 saturated carbocycles. The van der Waals surface area contributed by atoms with E-state index in [0.29, 0.717) is 5.41 Å². The zero-order valence-electron chi connectivity index (χ0n) is 15.4. The number of ether oxygens (including phenoxy) is 1. The van der Waals surface area contributed by atoms with Gasteiger partial charge in [0.1, 0.15) is 0 Å².